The van der Waals surface area contributed by atoms with Crippen molar-refractivity contribution in [1.29, 1.82) is 0 Å². The average Bonchev–Trinajstić information content (AvgIpc) is 2.45. The second-order valence-corrected chi connectivity index (χ2v) is 5.38. The molecule has 2 aromatic rings. The quantitative estimate of drug-likeness (QED) is 0.887. The number of benzene rings is 2. The molecule has 0 spiro atoms. The van der Waals surface area contributed by atoms with Crippen LogP contribution in [0.15, 0.2) is 42.5 Å². The van der Waals surface area contributed by atoms with E-state index in [0.717, 1.165) is 16.3 Å². The maximum atomic E-state index is 11.9. The summed E-state index contributed by atoms with van der Waals surface area (Å²) >= 11 is 0. The number of fused-ring (bicyclic) bond motifs is 1. The first-order valence-electron chi connectivity index (χ1n) is 6.99. The molecule has 2 aromatic carbocycles. The van der Waals surface area contributed by atoms with Gasteiger partial charge in [-0.3, -0.25) is 9.59 Å². The molecule has 0 saturated carbocycles. The molecule has 0 heterocycles. The summed E-state index contributed by atoms with van der Waals surface area (Å²) < 4.78 is 0. The minimum absolute atomic E-state index is 0.132. The van der Waals surface area contributed by atoms with Crippen molar-refractivity contribution in [2.24, 2.45) is 5.92 Å². The topological polar surface area (TPSA) is 66.4 Å². The second-order valence-electron chi connectivity index (χ2n) is 5.38. The summed E-state index contributed by atoms with van der Waals surface area (Å²) in [6.45, 7) is 3.58. The molecule has 4 nitrogen and oxygen atoms in total. The van der Waals surface area contributed by atoms with Gasteiger partial charge in [0.25, 0.3) is 0 Å². The number of carbonyl (C=O) groups is 2. The Kier molecular flexibility index (Phi) is 4.58. The minimum Gasteiger partial charge on any atom is -0.481 e. The fourth-order valence-electron chi connectivity index (χ4n) is 2.31. The summed E-state index contributed by atoms with van der Waals surface area (Å²) in [5.41, 5.74) is 0.838. The number of rotatable bonds is 5. The Balaban J connectivity index is 2.43. The van der Waals surface area contributed by atoms with Crippen LogP contribution in [0.2, 0.25) is 0 Å². The molecule has 21 heavy (non-hydrogen) atoms. The van der Waals surface area contributed by atoms with Gasteiger partial charge >= 0.3 is 5.97 Å². The highest BCUT2D eigenvalue weighted by Crippen LogP contribution is 2.26. The molecule has 0 radical (unpaired) electrons. The lowest BCUT2D eigenvalue weighted by Gasteiger charge is -2.20. The lowest BCUT2D eigenvalue weighted by Crippen LogP contribution is -2.33. The van der Waals surface area contributed by atoms with Gasteiger partial charge in [-0.2, -0.15) is 0 Å². The Labute approximate surface area is 123 Å². The van der Waals surface area contributed by atoms with Gasteiger partial charge in [0.1, 0.15) is 0 Å². The van der Waals surface area contributed by atoms with E-state index < -0.39 is 12.0 Å². The first-order chi connectivity index (χ1) is 9.99. The second kappa shape index (κ2) is 6.39. The van der Waals surface area contributed by atoms with E-state index in [1.807, 2.05) is 42.5 Å². The van der Waals surface area contributed by atoms with Crippen LogP contribution in [-0.2, 0) is 9.59 Å². The van der Waals surface area contributed by atoms with Crippen LogP contribution in [0.4, 0.5) is 0 Å². The van der Waals surface area contributed by atoms with Gasteiger partial charge in [0, 0.05) is 5.92 Å². The molecule has 0 aromatic heterocycles. The number of carboxylic acids is 1. The third-order valence-electron chi connectivity index (χ3n) is 3.42. The van der Waals surface area contributed by atoms with Crippen LogP contribution in [-0.4, -0.2) is 17.0 Å². The predicted octanol–water partition coefficient (Wildman–Crippen LogP) is 3.13. The fraction of sp³-hybridized carbons (Fsp3) is 0.294. The van der Waals surface area contributed by atoms with Crippen LogP contribution in [0.25, 0.3) is 10.8 Å². The van der Waals surface area contributed by atoms with Crippen molar-refractivity contribution in [3.8, 4) is 0 Å². The van der Waals surface area contributed by atoms with Crippen molar-refractivity contribution in [2.75, 3.05) is 0 Å². The normalized spacial score (nSPS) is 12.3. The zero-order valence-corrected chi connectivity index (χ0v) is 12.2. The van der Waals surface area contributed by atoms with Crippen LogP contribution >= 0.6 is 0 Å². The number of hydrogen-bond acceptors (Lipinski definition) is 2. The summed E-state index contributed by atoms with van der Waals surface area (Å²) in [6, 6.07) is 13.0. The predicted molar refractivity (Wildman–Crippen MR) is 81.9 cm³/mol. The number of nitrogens with one attached hydrogen (secondary N) is 1. The molecule has 0 fully saturated rings. The van der Waals surface area contributed by atoms with E-state index >= 15 is 0 Å². The van der Waals surface area contributed by atoms with E-state index in [0.29, 0.717) is 0 Å². The third-order valence-corrected chi connectivity index (χ3v) is 3.42. The summed E-state index contributed by atoms with van der Waals surface area (Å²) in [7, 11) is 0. The molecule has 0 saturated heterocycles. The van der Waals surface area contributed by atoms with E-state index in [1.165, 1.54) is 0 Å². The highest BCUT2D eigenvalue weighted by atomic mass is 16.4. The fourth-order valence-corrected chi connectivity index (χ4v) is 2.31. The summed E-state index contributed by atoms with van der Waals surface area (Å²) in [6.07, 6.45) is -0.132. The third kappa shape index (κ3) is 3.60. The van der Waals surface area contributed by atoms with Crippen LogP contribution in [0.3, 0.4) is 0 Å². The van der Waals surface area contributed by atoms with E-state index in [-0.39, 0.29) is 18.2 Å². The highest BCUT2D eigenvalue weighted by molar-refractivity contribution is 5.88. The Morgan fingerprint density at radius 2 is 1.76 bits per heavy atom. The van der Waals surface area contributed by atoms with Gasteiger partial charge in [0.05, 0.1) is 12.5 Å². The smallest absolute Gasteiger partial charge is 0.305 e. The van der Waals surface area contributed by atoms with Crippen molar-refractivity contribution < 1.29 is 14.7 Å². The molecule has 0 bridgehead atoms. The molecule has 0 aliphatic rings. The SMILES string of the molecule is CC(C)C(=O)N[C@H](CC(=O)O)c1cccc2ccccc12. The molecule has 0 unspecified atom stereocenters. The Morgan fingerprint density at radius 3 is 2.43 bits per heavy atom. The summed E-state index contributed by atoms with van der Waals surface area (Å²) in [4.78, 5) is 23.1. The monoisotopic (exact) mass is 285 g/mol. The van der Waals surface area contributed by atoms with E-state index in [9.17, 15) is 9.59 Å². The van der Waals surface area contributed by atoms with Crippen molar-refractivity contribution >= 4 is 22.6 Å². The van der Waals surface area contributed by atoms with Gasteiger partial charge in [-0.25, -0.2) is 0 Å². The van der Waals surface area contributed by atoms with Crippen molar-refractivity contribution in [3.63, 3.8) is 0 Å². The van der Waals surface area contributed by atoms with Gasteiger partial charge in [-0.15, -0.1) is 0 Å². The van der Waals surface area contributed by atoms with Crippen LogP contribution < -0.4 is 5.32 Å². The Bertz CT molecular complexity index is 659. The number of aliphatic carboxylic acids is 1. The average molecular weight is 285 g/mol. The van der Waals surface area contributed by atoms with Gasteiger partial charge in [0.2, 0.25) is 5.91 Å². The first kappa shape index (κ1) is 15.0. The van der Waals surface area contributed by atoms with E-state index in [4.69, 9.17) is 5.11 Å². The Hall–Kier alpha value is -2.36. The zero-order chi connectivity index (χ0) is 15.4. The van der Waals surface area contributed by atoms with Gasteiger partial charge < -0.3 is 10.4 Å². The van der Waals surface area contributed by atoms with E-state index in [1.54, 1.807) is 13.8 Å². The number of hydrogen-bond donors (Lipinski definition) is 2. The number of amides is 1. The minimum atomic E-state index is -0.933. The van der Waals surface area contributed by atoms with Crippen molar-refractivity contribution in [1.82, 2.24) is 5.32 Å². The zero-order valence-electron chi connectivity index (χ0n) is 12.2. The van der Waals surface area contributed by atoms with Gasteiger partial charge in [-0.1, -0.05) is 56.3 Å². The molecule has 1 atom stereocenters. The molecule has 110 valence electrons. The largest absolute Gasteiger partial charge is 0.481 e. The van der Waals surface area contributed by atoms with Crippen LogP contribution in [0.1, 0.15) is 31.9 Å². The number of carbonyl (C=O) groups excluding carboxylic acids is 1. The molecule has 0 aliphatic carbocycles. The van der Waals surface area contributed by atoms with Crippen LogP contribution in [0, 0.1) is 5.92 Å². The molecule has 4 heteroatoms. The van der Waals surface area contributed by atoms with Gasteiger partial charge in [0.15, 0.2) is 0 Å². The molecule has 2 rings (SSSR count). The lowest BCUT2D eigenvalue weighted by molar-refractivity contribution is -0.137. The molecular weight excluding hydrogens is 266 g/mol. The maximum Gasteiger partial charge on any atom is 0.305 e. The summed E-state index contributed by atoms with van der Waals surface area (Å²) in [5.74, 6) is -1.26. The highest BCUT2D eigenvalue weighted by Gasteiger charge is 2.21. The van der Waals surface area contributed by atoms with Gasteiger partial charge in [-0.05, 0) is 16.3 Å². The molecule has 2 N–H and O–H groups in total. The summed E-state index contributed by atoms with van der Waals surface area (Å²) in [5, 5.41) is 14.0. The maximum absolute atomic E-state index is 11.9. The molecular formula is C17H19NO3. The lowest BCUT2D eigenvalue weighted by atomic mass is 9.96. The Morgan fingerprint density at radius 1 is 1.10 bits per heavy atom. The van der Waals surface area contributed by atoms with Crippen LogP contribution in [0.5, 0.6) is 0 Å². The number of carboxylic acid groups (broad SMARTS) is 1. The van der Waals surface area contributed by atoms with Crippen molar-refractivity contribution in [3.05, 3.63) is 48.0 Å². The molecule has 1 amide bonds. The standard InChI is InChI=1S/C17H19NO3/c1-11(2)17(21)18-15(10-16(19)20)14-9-5-7-12-6-3-4-8-13(12)14/h3-9,11,15H,10H2,1-2H3,(H,18,21)(H,19,20)/t15-/m1/s1. The van der Waals surface area contributed by atoms with E-state index in [2.05, 4.69) is 5.32 Å². The van der Waals surface area contributed by atoms with Crippen molar-refractivity contribution in [2.45, 2.75) is 26.3 Å². The molecule has 0 aliphatic heterocycles. The first-order valence-corrected chi connectivity index (χ1v) is 6.99.